The predicted molar refractivity (Wildman–Crippen MR) is 80.0 cm³/mol. The van der Waals surface area contributed by atoms with Gasteiger partial charge in [0.25, 0.3) is 0 Å². The maximum Gasteiger partial charge on any atom is 0.132 e. The molecule has 2 N–H and O–H groups in total. The predicted octanol–water partition coefficient (Wildman–Crippen LogP) is 4.91. The molecule has 0 fully saturated rings. The molecule has 0 aliphatic carbocycles. The lowest BCUT2D eigenvalue weighted by atomic mass is 10.0. The van der Waals surface area contributed by atoms with Crippen LogP contribution in [-0.4, -0.2) is 0 Å². The molecule has 1 unspecified atom stereocenters. The fourth-order valence-corrected chi connectivity index (χ4v) is 2.19. The summed E-state index contributed by atoms with van der Waals surface area (Å²) in [5.74, 6) is 0.976. The minimum Gasteiger partial charge on any atom is -0.457 e. The van der Waals surface area contributed by atoms with Gasteiger partial charge in [-0.25, -0.2) is 4.39 Å². The van der Waals surface area contributed by atoms with Crippen LogP contribution in [0.3, 0.4) is 0 Å². The van der Waals surface area contributed by atoms with E-state index >= 15 is 0 Å². The first-order valence-corrected chi connectivity index (χ1v) is 6.76. The Balaban J connectivity index is 2.44. The number of aryl methyl sites for hydroxylation is 2. The van der Waals surface area contributed by atoms with Gasteiger partial charge < -0.3 is 10.5 Å². The van der Waals surface area contributed by atoms with Gasteiger partial charge >= 0.3 is 0 Å². The van der Waals surface area contributed by atoms with Gasteiger partial charge in [0.05, 0.1) is 0 Å². The molecule has 0 heterocycles. The zero-order valence-corrected chi connectivity index (χ0v) is 12.5. The van der Waals surface area contributed by atoms with Crippen molar-refractivity contribution in [2.24, 2.45) is 5.73 Å². The molecular formula is C16H17ClFNO. The van der Waals surface area contributed by atoms with E-state index in [1.807, 2.05) is 13.0 Å². The second kappa shape index (κ2) is 5.81. The summed E-state index contributed by atoms with van der Waals surface area (Å²) in [6.07, 6.45) is 0. The quantitative estimate of drug-likeness (QED) is 0.873. The van der Waals surface area contributed by atoms with Gasteiger partial charge in [-0.1, -0.05) is 11.6 Å². The lowest BCUT2D eigenvalue weighted by molar-refractivity contribution is 0.465. The van der Waals surface area contributed by atoms with Crippen LogP contribution in [0.4, 0.5) is 4.39 Å². The second-order valence-corrected chi connectivity index (χ2v) is 5.38. The normalized spacial score (nSPS) is 12.3. The monoisotopic (exact) mass is 293 g/mol. The third kappa shape index (κ3) is 3.11. The van der Waals surface area contributed by atoms with Crippen LogP contribution in [0.1, 0.15) is 29.7 Å². The van der Waals surface area contributed by atoms with Crippen LogP contribution in [0.25, 0.3) is 0 Å². The van der Waals surface area contributed by atoms with Crippen LogP contribution in [0.2, 0.25) is 5.02 Å². The Labute approximate surface area is 123 Å². The zero-order chi connectivity index (χ0) is 14.9. The van der Waals surface area contributed by atoms with Gasteiger partial charge in [-0.15, -0.1) is 0 Å². The molecular weight excluding hydrogens is 277 g/mol. The molecule has 0 aromatic heterocycles. The van der Waals surface area contributed by atoms with E-state index in [0.717, 1.165) is 5.56 Å². The summed E-state index contributed by atoms with van der Waals surface area (Å²) in [5.41, 5.74) is 7.96. The average Bonchev–Trinajstić information content (AvgIpc) is 2.36. The third-order valence-corrected chi connectivity index (χ3v) is 3.37. The fraction of sp³-hybridized carbons (Fsp3) is 0.250. The maximum atomic E-state index is 13.7. The SMILES string of the molecule is Cc1cc(Oc2ccc(Cl)cc2C)c(C(C)N)cc1F. The van der Waals surface area contributed by atoms with E-state index in [1.165, 1.54) is 6.07 Å². The zero-order valence-electron chi connectivity index (χ0n) is 11.7. The fourth-order valence-electron chi connectivity index (χ4n) is 1.96. The summed E-state index contributed by atoms with van der Waals surface area (Å²) in [6, 6.07) is 8.15. The molecule has 0 spiro atoms. The number of hydrogen-bond donors (Lipinski definition) is 1. The number of halogens is 2. The highest BCUT2D eigenvalue weighted by Crippen LogP contribution is 2.33. The van der Waals surface area contributed by atoms with Crippen molar-refractivity contribution in [1.82, 2.24) is 0 Å². The van der Waals surface area contributed by atoms with Crippen LogP contribution >= 0.6 is 11.6 Å². The Bertz CT molecular complexity index is 641. The van der Waals surface area contributed by atoms with Gasteiger partial charge in [0.15, 0.2) is 0 Å². The summed E-state index contributed by atoms with van der Waals surface area (Å²) < 4.78 is 19.5. The summed E-state index contributed by atoms with van der Waals surface area (Å²) in [6.45, 7) is 5.40. The summed E-state index contributed by atoms with van der Waals surface area (Å²) in [5, 5.41) is 0.651. The van der Waals surface area contributed by atoms with E-state index in [4.69, 9.17) is 22.1 Å². The summed E-state index contributed by atoms with van der Waals surface area (Å²) in [4.78, 5) is 0. The largest absolute Gasteiger partial charge is 0.457 e. The van der Waals surface area contributed by atoms with E-state index in [9.17, 15) is 4.39 Å². The van der Waals surface area contributed by atoms with Crippen LogP contribution in [-0.2, 0) is 0 Å². The number of ether oxygens (including phenoxy) is 1. The van der Waals surface area contributed by atoms with Gasteiger partial charge in [0.2, 0.25) is 0 Å². The Kier molecular flexibility index (Phi) is 4.31. The van der Waals surface area contributed by atoms with Crippen molar-refractivity contribution in [1.29, 1.82) is 0 Å². The molecule has 0 bridgehead atoms. The molecule has 106 valence electrons. The van der Waals surface area contributed by atoms with Crippen LogP contribution in [0.5, 0.6) is 11.5 Å². The minimum atomic E-state index is -0.312. The van der Waals surface area contributed by atoms with Gasteiger partial charge in [0.1, 0.15) is 17.3 Å². The molecule has 0 amide bonds. The molecule has 0 radical (unpaired) electrons. The summed E-state index contributed by atoms with van der Waals surface area (Å²) in [7, 11) is 0. The van der Waals surface area contributed by atoms with Crippen molar-refractivity contribution >= 4 is 11.6 Å². The second-order valence-electron chi connectivity index (χ2n) is 4.94. The standard InChI is InChI=1S/C16H17ClFNO/c1-9-7-16(13(11(3)19)8-14(9)18)20-15-5-4-12(17)6-10(15)2/h4-8,11H,19H2,1-3H3. The van der Waals surface area contributed by atoms with E-state index in [0.29, 0.717) is 27.6 Å². The summed E-state index contributed by atoms with van der Waals surface area (Å²) >= 11 is 5.92. The number of hydrogen-bond acceptors (Lipinski definition) is 2. The van der Waals surface area contributed by atoms with Crippen LogP contribution < -0.4 is 10.5 Å². The molecule has 0 saturated carbocycles. The van der Waals surface area contributed by atoms with E-state index < -0.39 is 0 Å². The molecule has 0 aliphatic heterocycles. The molecule has 2 aromatic rings. The first-order valence-electron chi connectivity index (χ1n) is 6.38. The van der Waals surface area contributed by atoms with Crippen molar-refractivity contribution in [2.75, 3.05) is 0 Å². The van der Waals surface area contributed by atoms with Crippen molar-refractivity contribution in [3.05, 3.63) is 57.9 Å². The molecule has 2 rings (SSSR count). The topological polar surface area (TPSA) is 35.2 Å². The smallest absolute Gasteiger partial charge is 0.132 e. The number of benzene rings is 2. The Morgan fingerprint density at radius 2 is 1.80 bits per heavy atom. The minimum absolute atomic E-state index is 0.280. The average molecular weight is 294 g/mol. The molecule has 20 heavy (non-hydrogen) atoms. The molecule has 0 aliphatic rings. The van der Waals surface area contributed by atoms with Gasteiger partial charge in [-0.05, 0) is 62.2 Å². The highest BCUT2D eigenvalue weighted by molar-refractivity contribution is 6.30. The van der Waals surface area contributed by atoms with Gasteiger partial charge in [-0.3, -0.25) is 0 Å². The van der Waals surface area contributed by atoms with E-state index in [2.05, 4.69) is 0 Å². The molecule has 4 heteroatoms. The number of rotatable bonds is 3. The highest BCUT2D eigenvalue weighted by Gasteiger charge is 2.13. The van der Waals surface area contributed by atoms with Crippen molar-refractivity contribution < 1.29 is 9.13 Å². The van der Waals surface area contributed by atoms with E-state index in [-0.39, 0.29) is 11.9 Å². The van der Waals surface area contributed by atoms with Crippen molar-refractivity contribution in [2.45, 2.75) is 26.8 Å². The first-order chi connectivity index (χ1) is 9.38. The number of nitrogens with two attached hydrogens (primary N) is 1. The highest BCUT2D eigenvalue weighted by atomic mass is 35.5. The van der Waals surface area contributed by atoms with Crippen LogP contribution in [0.15, 0.2) is 30.3 Å². The molecule has 1 atom stereocenters. The van der Waals surface area contributed by atoms with Crippen molar-refractivity contribution in [3.8, 4) is 11.5 Å². The Morgan fingerprint density at radius 1 is 1.10 bits per heavy atom. The van der Waals surface area contributed by atoms with Crippen molar-refractivity contribution in [3.63, 3.8) is 0 Å². The van der Waals surface area contributed by atoms with Crippen LogP contribution in [0, 0.1) is 19.7 Å². The maximum absolute atomic E-state index is 13.7. The molecule has 2 nitrogen and oxygen atoms in total. The van der Waals surface area contributed by atoms with Gasteiger partial charge in [-0.2, -0.15) is 0 Å². The molecule has 2 aromatic carbocycles. The molecule has 0 saturated heterocycles. The lowest BCUT2D eigenvalue weighted by Crippen LogP contribution is -2.08. The first kappa shape index (κ1) is 14.8. The van der Waals surface area contributed by atoms with E-state index in [1.54, 1.807) is 32.0 Å². The Morgan fingerprint density at radius 3 is 2.40 bits per heavy atom. The third-order valence-electron chi connectivity index (χ3n) is 3.14. The van der Waals surface area contributed by atoms with Gasteiger partial charge in [0, 0.05) is 16.6 Å². The lowest BCUT2D eigenvalue weighted by Gasteiger charge is -2.16. The Hall–Kier alpha value is -1.58.